The normalized spacial score (nSPS) is 15.4. The second-order valence-corrected chi connectivity index (χ2v) is 2.78. The van der Waals surface area contributed by atoms with E-state index < -0.39 is 6.03 Å². The summed E-state index contributed by atoms with van der Waals surface area (Å²) >= 11 is 0. The Morgan fingerprint density at radius 3 is 2.58 bits per heavy atom. The van der Waals surface area contributed by atoms with Crippen LogP contribution in [0.2, 0.25) is 0 Å². The number of carbonyl (C=O) groups excluding carboxylic acids is 2. The molecule has 0 spiro atoms. The van der Waals surface area contributed by atoms with Crippen LogP contribution in [0.15, 0.2) is 0 Å². The van der Waals surface area contributed by atoms with E-state index >= 15 is 0 Å². The van der Waals surface area contributed by atoms with Crippen LogP contribution in [-0.2, 0) is 4.79 Å². The lowest BCUT2D eigenvalue weighted by molar-refractivity contribution is -0.119. The van der Waals surface area contributed by atoms with Gasteiger partial charge >= 0.3 is 6.03 Å². The van der Waals surface area contributed by atoms with Gasteiger partial charge in [-0.15, -0.1) is 0 Å². The number of imide groups is 1. The van der Waals surface area contributed by atoms with E-state index in [1.165, 1.54) is 7.05 Å². The monoisotopic (exact) mass is 171 g/mol. The molecular formula is C7H13N3O2. The Hall–Kier alpha value is -1.10. The fourth-order valence-corrected chi connectivity index (χ4v) is 0.758. The predicted octanol–water partition coefficient (Wildman–Crippen LogP) is -0.806. The molecule has 0 heterocycles. The van der Waals surface area contributed by atoms with E-state index in [1.807, 2.05) is 0 Å². The lowest BCUT2D eigenvalue weighted by Gasteiger charge is -2.03. The Labute approximate surface area is 70.9 Å². The minimum atomic E-state index is -0.461. The summed E-state index contributed by atoms with van der Waals surface area (Å²) < 4.78 is 0. The standard InChI is InChI=1S/C7H13N3O2/c1-8-7(12)10-6(11)4-9-5-2-3-5/h5,9H,2-4H2,1H3,(H2,8,10,11,12). The first-order valence-electron chi connectivity index (χ1n) is 3.97. The fraction of sp³-hybridized carbons (Fsp3) is 0.714. The second kappa shape index (κ2) is 4.06. The van der Waals surface area contributed by atoms with Crippen molar-refractivity contribution in [3.8, 4) is 0 Å². The number of amides is 3. The third kappa shape index (κ3) is 3.34. The molecule has 1 fully saturated rings. The SMILES string of the molecule is CNC(=O)NC(=O)CNC1CC1. The van der Waals surface area contributed by atoms with Gasteiger partial charge in [-0.05, 0) is 12.8 Å². The van der Waals surface area contributed by atoms with Gasteiger partial charge in [-0.25, -0.2) is 4.79 Å². The Balaban J connectivity index is 2.05. The quantitative estimate of drug-likeness (QED) is 0.520. The molecule has 0 unspecified atom stereocenters. The molecule has 1 aliphatic rings. The minimum absolute atomic E-state index is 0.220. The van der Waals surface area contributed by atoms with Gasteiger partial charge in [-0.2, -0.15) is 0 Å². The van der Waals surface area contributed by atoms with Crippen LogP contribution in [0.1, 0.15) is 12.8 Å². The number of nitrogens with one attached hydrogen (secondary N) is 3. The van der Waals surface area contributed by atoms with E-state index in [1.54, 1.807) is 0 Å². The number of hydrogen-bond donors (Lipinski definition) is 3. The largest absolute Gasteiger partial charge is 0.341 e. The van der Waals surface area contributed by atoms with Gasteiger partial charge in [0.1, 0.15) is 0 Å². The number of rotatable bonds is 3. The minimum Gasteiger partial charge on any atom is -0.341 e. The van der Waals surface area contributed by atoms with E-state index in [2.05, 4.69) is 16.0 Å². The molecule has 68 valence electrons. The first kappa shape index (κ1) is 8.99. The lowest BCUT2D eigenvalue weighted by atomic mass is 10.5. The lowest BCUT2D eigenvalue weighted by Crippen LogP contribution is -2.42. The zero-order valence-electron chi connectivity index (χ0n) is 7.02. The van der Waals surface area contributed by atoms with Crippen LogP contribution in [0.25, 0.3) is 0 Å². The first-order valence-corrected chi connectivity index (χ1v) is 3.97. The number of carbonyl (C=O) groups is 2. The van der Waals surface area contributed by atoms with E-state index in [-0.39, 0.29) is 12.5 Å². The summed E-state index contributed by atoms with van der Waals surface area (Å²) in [5.74, 6) is -0.291. The van der Waals surface area contributed by atoms with Crippen molar-refractivity contribution < 1.29 is 9.59 Å². The first-order chi connectivity index (χ1) is 5.72. The molecule has 0 aromatic carbocycles. The molecule has 0 aromatic heterocycles. The van der Waals surface area contributed by atoms with E-state index in [9.17, 15) is 9.59 Å². The van der Waals surface area contributed by atoms with Crippen molar-refractivity contribution in [1.29, 1.82) is 0 Å². The van der Waals surface area contributed by atoms with Crippen molar-refractivity contribution in [2.24, 2.45) is 0 Å². The second-order valence-electron chi connectivity index (χ2n) is 2.78. The third-order valence-electron chi connectivity index (χ3n) is 1.61. The molecule has 5 heteroatoms. The summed E-state index contributed by atoms with van der Waals surface area (Å²) in [6, 6.07) is 0.0260. The highest BCUT2D eigenvalue weighted by atomic mass is 16.2. The van der Waals surface area contributed by atoms with Crippen molar-refractivity contribution in [3.63, 3.8) is 0 Å². The Kier molecular flexibility index (Phi) is 3.04. The van der Waals surface area contributed by atoms with Crippen molar-refractivity contribution >= 4 is 11.9 Å². The summed E-state index contributed by atoms with van der Waals surface area (Å²) in [4.78, 5) is 21.5. The van der Waals surface area contributed by atoms with Crippen molar-refractivity contribution in [3.05, 3.63) is 0 Å². The number of urea groups is 1. The van der Waals surface area contributed by atoms with E-state index in [0.717, 1.165) is 12.8 Å². The van der Waals surface area contributed by atoms with Gasteiger partial charge in [0.15, 0.2) is 0 Å². The highest BCUT2D eigenvalue weighted by Crippen LogP contribution is 2.17. The molecule has 0 atom stereocenters. The zero-order valence-corrected chi connectivity index (χ0v) is 7.02. The van der Waals surface area contributed by atoms with Crippen molar-refractivity contribution in [1.82, 2.24) is 16.0 Å². The van der Waals surface area contributed by atoms with Gasteiger partial charge < -0.3 is 10.6 Å². The third-order valence-corrected chi connectivity index (χ3v) is 1.61. The van der Waals surface area contributed by atoms with Crippen molar-refractivity contribution in [2.75, 3.05) is 13.6 Å². The summed E-state index contributed by atoms with van der Waals surface area (Å²) in [6.07, 6.45) is 2.26. The smallest absolute Gasteiger partial charge is 0.321 e. The molecule has 0 saturated heterocycles. The maximum absolute atomic E-state index is 10.9. The topological polar surface area (TPSA) is 70.2 Å². The molecule has 0 aromatic rings. The van der Waals surface area contributed by atoms with Gasteiger partial charge in [0.05, 0.1) is 6.54 Å². The molecular weight excluding hydrogens is 158 g/mol. The highest BCUT2D eigenvalue weighted by molar-refractivity contribution is 5.95. The van der Waals surface area contributed by atoms with Gasteiger partial charge in [-0.3, -0.25) is 10.1 Å². The van der Waals surface area contributed by atoms with Crippen molar-refractivity contribution in [2.45, 2.75) is 18.9 Å². The molecule has 3 amide bonds. The van der Waals surface area contributed by atoms with Crippen LogP contribution in [0, 0.1) is 0 Å². The average molecular weight is 171 g/mol. The zero-order chi connectivity index (χ0) is 8.97. The van der Waals surface area contributed by atoms with Gasteiger partial charge in [0, 0.05) is 13.1 Å². The molecule has 5 nitrogen and oxygen atoms in total. The van der Waals surface area contributed by atoms with Crippen LogP contribution in [0.5, 0.6) is 0 Å². The summed E-state index contributed by atoms with van der Waals surface area (Å²) in [5.41, 5.74) is 0. The summed E-state index contributed by atoms with van der Waals surface area (Å²) in [7, 11) is 1.47. The summed E-state index contributed by atoms with van der Waals surface area (Å²) in [5, 5.41) is 7.46. The highest BCUT2D eigenvalue weighted by Gasteiger charge is 2.21. The molecule has 0 radical (unpaired) electrons. The van der Waals surface area contributed by atoms with Crippen LogP contribution in [0.3, 0.4) is 0 Å². The van der Waals surface area contributed by atoms with Gasteiger partial charge in [0.2, 0.25) is 5.91 Å². The maximum Gasteiger partial charge on any atom is 0.321 e. The van der Waals surface area contributed by atoms with E-state index in [0.29, 0.717) is 6.04 Å². The molecule has 0 bridgehead atoms. The molecule has 1 saturated carbocycles. The Morgan fingerprint density at radius 1 is 1.42 bits per heavy atom. The molecule has 1 rings (SSSR count). The Morgan fingerprint density at radius 2 is 2.08 bits per heavy atom. The molecule has 3 N–H and O–H groups in total. The van der Waals surface area contributed by atoms with Crippen LogP contribution < -0.4 is 16.0 Å². The van der Waals surface area contributed by atoms with Crippen LogP contribution >= 0.6 is 0 Å². The van der Waals surface area contributed by atoms with Crippen LogP contribution in [-0.4, -0.2) is 31.6 Å². The van der Waals surface area contributed by atoms with Crippen LogP contribution in [0.4, 0.5) is 4.79 Å². The summed E-state index contributed by atoms with van der Waals surface area (Å²) in [6.45, 7) is 0.220. The number of hydrogen-bond acceptors (Lipinski definition) is 3. The predicted molar refractivity (Wildman–Crippen MR) is 43.6 cm³/mol. The average Bonchev–Trinajstić information content (AvgIpc) is 2.83. The Bertz CT molecular complexity index is 189. The molecule has 1 aliphatic carbocycles. The maximum atomic E-state index is 10.9. The molecule has 12 heavy (non-hydrogen) atoms. The van der Waals surface area contributed by atoms with E-state index in [4.69, 9.17) is 0 Å². The van der Waals surface area contributed by atoms with Gasteiger partial charge in [0.25, 0.3) is 0 Å². The van der Waals surface area contributed by atoms with Gasteiger partial charge in [-0.1, -0.05) is 0 Å². The molecule has 0 aliphatic heterocycles. The fourth-order valence-electron chi connectivity index (χ4n) is 0.758.